The van der Waals surface area contributed by atoms with Crippen molar-refractivity contribution >= 4 is 11.6 Å². The van der Waals surface area contributed by atoms with Gasteiger partial charge in [0, 0.05) is 18.7 Å². The van der Waals surface area contributed by atoms with Crippen LogP contribution in [-0.2, 0) is 4.74 Å². The summed E-state index contributed by atoms with van der Waals surface area (Å²) in [6, 6.07) is 10.4. The lowest BCUT2D eigenvalue weighted by Gasteiger charge is -2.19. The second-order valence-corrected chi connectivity index (χ2v) is 7.22. The fraction of sp³-hybridized carbons (Fsp3) is 0.381. The predicted octanol–water partition coefficient (Wildman–Crippen LogP) is 3.44. The molecule has 0 aliphatic carbocycles. The monoisotopic (exact) mass is 384 g/mol. The molecule has 0 bridgehead atoms. The van der Waals surface area contributed by atoms with Crippen LogP contribution < -0.4 is 4.74 Å². The third kappa shape index (κ3) is 4.14. The van der Waals surface area contributed by atoms with Crippen molar-refractivity contribution in [3.63, 3.8) is 0 Å². The predicted molar refractivity (Wildman–Crippen MR) is 105 cm³/mol. The molecular weight excluding hydrogens is 360 g/mol. The van der Waals surface area contributed by atoms with E-state index in [2.05, 4.69) is 0 Å². The number of nitro benzene ring substituents is 1. The number of amides is 1. The molecule has 1 heterocycles. The third-order valence-electron chi connectivity index (χ3n) is 4.96. The van der Waals surface area contributed by atoms with Crippen LogP contribution in [0.4, 0.5) is 5.69 Å². The molecule has 2 aromatic rings. The van der Waals surface area contributed by atoms with Crippen molar-refractivity contribution < 1.29 is 19.2 Å². The molecule has 7 heteroatoms. The Kier molecular flexibility index (Phi) is 5.65. The molecule has 1 fully saturated rings. The number of aryl methyl sites for hydroxylation is 3. The quantitative estimate of drug-likeness (QED) is 0.583. The van der Waals surface area contributed by atoms with Crippen LogP contribution in [0.1, 0.15) is 27.0 Å². The maximum atomic E-state index is 13.0. The average molecular weight is 384 g/mol. The summed E-state index contributed by atoms with van der Waals surface area (Å²) < 4.78 is 11.5. The maximum absolute atomic E-state index is 13.0. The van der Waals surface area contributed by atoms with Crippen molar-refractivity contribution in [1.29, 1.82) is 0 Å². The Bertz CT molecular complexity index is 912. The van der Waals surface area contributed by atoms with Crippen molar-refractivity contribution in [3.8, 4) is 5.75 Å². The fourth-order valence-electron chi connectivity index (χ4n) is 3.46. The van der Waals surface area contributed by atoms with Crippen LogP contribution >= 0.6 is 0 Å². The highest BCUT2D eigenvalue weighted by atomic mass is 16.6. The largest absolute Gasteiger partial charge is 0.486 e. The Morgan fingerprint density at radius 2 is 1.79 bits per heavy atom. The van der Waals surface area contributed by atoms with Gasteiger partial charge in [-0.25, -0.2) is 0 Å². The van der Waals surface area contributed by atoms with Crippen LogP contribution in [0.2, 0.25) is 0 Å². The molecule has 2 atom stereocenters. The number of non-ortho nitro benzene ring substituents is 1. The number of methoxy groups -OCH3 is 1. The molecule has 0 saturated carbocycles. The van der Waals surface area contributed by atoms with E-state index in [1.54, 1.807) is 25.0 Å². The van der Waals surface area contributed by atoms with Crippen molar-refractivity contribution in [2.45, 2.75) is 33.0 Å². The van der Waals surface area contributed by atoms with Gasteiger partial charge in [0.15, 0.2) is 0 Å². The van der Waals surface area contributed by atoms with Crippen molar-refractivity contribution in [3.05, 3.63) is 68.8 Å². The van der Waals surface area contributed by atoms with Crippen molar-refractivity contribution in [2.24, 2.45) is 0 Å². The Morgan fingerprint density at radius 1 is 1.07 bits per heavy atom. The number of likely N-dealkylation sites (tertiary alicyclic amines) is 1. The van der Waals surface area contributed by atoms with Gasteiger partial charge in [-0.15, -0.1) is 0 Å². The lowest BCUT2D eigenvalue weighted by molar-refractivity contribution is -0.385. The Labute approximate surface area is 164 Å². The summed E-state index contributed by atoms with van der Waals surface area (Å²) in [5.74, 6) is 0.337. The fourth-order valence-corrected chi connectivity index (χ4v) is 3.46. The van der Waals surface area contributed by atoms with Crippen LogP contribution in [0.25, 0.3) is 0 Å². The highest BCUT2D eigenvalue weighted by Crippen LogP contribution is 2.27. The summed E-state index contributed by atoms with van der Waals surface area (Å²) >= 11 is 0. The maximum Gasteiger partial charge on any atom is 0.273 e. The number of nitrogens with zero attached hydrogens (tertiary/aromatic N) is 2. The average Bonchev–Trinajstić information content (AvgIpc) is 3.05. The second-order valence-electron chi connectivity index (χ2n) is 7.22. The summed E-state index contributed by atoms with van der Waals surface area (Å²) in [7, 11) is 1.58. The van der Waals surface area contributed by atoms with Crippen LogP contribution in [0, 0.1) is 30.9 Å². The molecule has 1 aliphatic heterocycles. The molecule has 1 aliphatic rings. The van der Waals surface area contributed by atoms with Gasteiger partial charge in [-0.1, -0.05) is 17.7 Å². The van der Waals surface area contributed by atoms with E-state index in [1.165, 1.54) is 12.1 Å². The summed E-state index contributed by atoms with van der Waals surface area (Å²) in [6.07, 6.45) is -0.714. The minimum absolute atomic E-state index is 0.0229. The van der Waals surface area contributed by atoms with E-state index in [0.29, 0.717) is 24.4 Å². The van der Waals surface area contributed by atoms with Gasteiger partial charge in [0.25, 0.3) is 11.6 Å². The summed E-state index contributed by atoms with van der Waals surface area (Å²) in [5.41, 5.74) is 3.33. The third-order valence-corrected chi connectivity index (χ3v) is 4.96. The number of hydrogen-bond acceptors (Lipinski definition) is 5. The molecule has 2 aromatic carbocycles. The standard InChI is InChI=1S/C21H24N2O5/c1-13-5-6-15(3)18(9-13)21(24)22-11-19(27-4)20(12-22)28-17-8-14(2)7-16(10-17)23(25)26/h5-10,19-20H,11-12H2,1-4H3. The number of rotatable bonds is 5. The van der Waals surface area contributed by atoms with E-state index in [-0.39, 0.29) is 17.7 Å². The normalized spacial score (nSPS) is 18.9. The van der Waals surface area contributed by atoms with Gasteiger partial charge < -0.3 is 14.4 Å². The topological polar surface area (TPSA) is 81.9 Å². The van der Waals surface area contributed by atoms with E-state index in [9.17, 15) is 14.9 Å². The first-order valence-corrected chi connectivity index (χ1v) is 9.10. The summed E-state index contributed by atoms with van der Waals surface area (Å²) in [6.45, 7) is 6.40. The van der Waals surface area contributed by atoms with E-state index < -0.39 is 11.0 Å². The molecule has 1 saturated heterocycles. The van der Waals surface area contributed by atoms with Crippen LogP contribution in [0.5, 0.6) is 5.75 Å². The van der Waals surface area contributed by atoms with Gasteiger partial charge in [-0.05, 0) is 44.0 Å². The first-order chi connectivity index (χ1) is 13.3. The highest BCUT2D eigenvalue weighted by molar-refractivity contribution is 5.96. The lowest BCUT2D eigenvalue weighted by Crippen LogP contribution is -2.32. The van der Waals surface area contributed by atoms with Crippen molar-refractivity contribution in [2.75, 3.05) is 20.2 Å². The van der Waals surface area contributed by atoms with Gasteiger partial charge in [0.1, 0.15) is 18.0 Å². The molecule has 3 rings (SSSR count). The second kappa shape index (κ2) is 7.98. The minimum Gasteiger partial charge on any atom is -0.486 e. The highest BCUT2D eigenvalue weighted by Gasteiger charge is 2.38. The summed E-state index contributed by atoms with van der Waals surface area (Å²) in [4.78, 5) is 25.4. The zero-order chi connectivity index (χ0) is 20.4. The van der Waals surface area contributed by atoms with Crippen molar-refractivity contribution in [1.82, 2.24) is 4.90 Å². The number of carbonyl (C=O) groups excluding carboxylic acids is 1. The Balaban J connectivity index is 1.80. The Hall–Kier alpha value is -2.93. The zero-order valence-electron chi connectivity index (χ0n) is 16.5. The molecule has 0 radical (unpaired) electrons. The van der Waals surface area contributed by atoms with Crippen LogP contribution in [0.3, 0.4) is 0 Å². The molecule has 0 aromatic heterocycles. The van der Waals surface area contributed by atoms with Gasteiger partial charge >= 0.3 is 0 Å². The van der Waals surface area contributed by atoms with Crippen LogP contribution in [-0.4, -0.2) is 48.1 Å². The van der Waals surface area contributed by atoms with E-state index in [0.717, 1.165) is 16.7 Å². The number of carbonyl (C=O) groups is 1. The molecular formula is C21H24N2O5. The number of nitro groups is 1. The van der Waals surface area contributed by atoms with E-state index >= 15 is 0 Å². The number of hydrogen-bond donors (Lipinski definition) is 0. The minimum atomic E-state index is -0.446. The zero-order valence-corrected chi connectivity index (χ0v) is 16.5. The molecule has 7 nitrogen and oxygen atoms in total. The van der Waals surface area contributed by atoms with Gasteiger partial charge in [0.2, 0.25) is 0 Å². The first kappa shape index (κ1) is 19.8. The molecule has 2 unspecified atom stereocenters. The summed E-state index contributed by atoms with van der Waals surface area (Å²) in [5, 5.41) is 11.1. The molecule has 1 amide bonds. The van der Waals surface area contributed by atoms with Crippen LogP contribution in [0.15, 0.2) is 36.4 Å². The smallest absolute Gasteiger partial charge is 0.273 e. The molecule has 148 valence electrons. The number of benzene rings is 2. The van der Waals surface area contributed by atoms with E-state index in [4.69, 9.17) is 9.47 Å². The SMILES string of the molecule is COC1CN(C(=O)c2cc(C)ccc2C)CC1Oc1cc(C)cc([N+](=O)[O-])c1. The lowest BCUT2D eigenvalue weighted by atomic mass is 10.0. The molecule has 28 heavy (non-hydrogen) atoms. The van der Waals surface area contributed by atoms with Gasteiger partial charge in [-0.2, -0.15) is 0 Å². The molecule has 0 spiro atoms. The van der Waals surface area contributed by atoms with E-state index in [1.807, 2.05) is 32.0 Å². The number of ether oxygens (including phenoxy) is 2. The van der Waals surface area contributed by atoms with Gasteiger partial charge in [0.05, 0.1) is 24.1 Å². The Morgan fingerprint density at radius 3 is 2.46 bits per heavy atom. The molecule has 0 N–H and O–H groups in total. The first-order valence-electron chi connectivity index (χ1n) is 9.10. The van der Waals surface area contributed by atoms with Gasteiger partial charge in [-0.3, -0.25) is 14.9 Å².